The van der Waals surface area contributed by atoms with Gasteiger partial charge in [-0.1, -0.05) is 32.7 Å². The Balaban J connectivity index is 2.11. The summed E-state index contributed by atoms with van der Waals surface area (Å²) in [4.78, 5) is 3.99. The molecule has 3 N–H and O–H groups in total. The third-order valence-corrected chi connectivity index (χ3v) is 3.27. The topological polar surface area (TPSA) is 80.7 Å². The Morgan fingerprint density at radius 2 is 2.20 bits per heavy atom. The molecule has 0 aliphatic carbocycles. The van der Waals surface area contributed by atoms with Crippen molar-refractivity contribution in [3.63, 3.8) is 0 Å². The van der Waals surface area contributed by atoms with Gasteiger partial charge in [0.15, 0.2) is 5.84 Å². The number of hydrogen-bond acceptors (Lipinski definition) is 4. The lowest BCUT2D eigenvalue weighted by molar-refractivity contribution is 0.306. The fraction of sp³-hybridized carbons (Fsp3) is 0.0769. The Labute approximate surface area is 129 Å². The van der Waals surface area contributed by atoms with Crippen LogP contribution < -0.4 is 10.5 Å². The fourth-order valence-corrected chi connectivity index (χ4v) is 2.24. The summed E-state index contributed by atoms with van der Waals surface area (Å²) in [5.41, 5.74) is 6.70. The number of nitrogens with zero attached hydrogens (tertiary/aromatic N) is 2. The van der Waals surface area contributed by atoms with Gasteiger partial charge in [-0.3, -0.25) is 4.98 Å². The van der Waals surface area contributed by atoms with Crippen molar-refractivity contribution in [3.05, 3.63) is 57.3 Å². The Morgan fingerprint density at radius 3 is 2.90 bits per heavy atom. The van der Waals surface area contributed by atoms with E-state index >= 15 is 0 Å². The lowest BCUT2D eigenvalue weighted by atomic mass is 10.2. The predicted octanol–water partition coefficient (Wildman–Crippen LogP) is 3.17. The minimum atomic E-state index is -0.0477. The Bertz CT molecular complexity index is 649. The number of benzene rings is 1. The molecule has 1 aromatic heterocycles. The molecule has 0 saturated heterocycles. The summed E-state index contributed by atoms with van der Waals surface area (Å²) < 4.78 is 6.50. The smallest absolute Gasteiger partial charge is 0.188 e. The summed E-state index contributed by atoms with van der Waals surface area (Å²) >= 11 is 9.39. The van der Waals surface area contributed by atoms with Crippen LogP contribution in [0.2, 0.25) is 5.02 Å². The number of oxime groups is 1. The van der Waals surface area contributed by atoms with Crippen LogP contribution in [0.5, 0.6) is 5.75 Å². The van der Waals surface area contributed by atoms with Crippen molar-refractivity contribution < 1.29 is 9.94 Å². The molecule has 2 aromatic rings. The summed E-state index contributed by atoms with van der Waals surface area (Å²) in [7, 11) is 0. The molecule has 7 heteroatoms. The molecule has 1 aromatic carbocycles. The van der Waals surface area contributed by atoms with Gasteiger partial charge in [-0.15, -0.1) is 0 Å². The highest BCUT2D eigenvalue weighted by atomic mass is 79.9. The molecule has 0 saturated carbocycles. The van der Waals surface area contributed by atoms with E-state index in [1.165, 1.54) is 0 Å². The average Bonchev–Trinajstić information content (AvgIpc) is 2.46. The molecule has 0 fully saturated rings. The van der Waals surface area contributed by atoms with Gasteiger partial charge in [0.2, 0.25) is 0 Å². The molecule has 0 unspecified atom stereocenters. The van der Waals surface area contributed by atoms with Gasteiger partial charge < -0.3 is 15.7 Å². The number of aromatic nitrogens is 1. The second-order valence-electron chi connectivity index (χ2n) is 3.90. The highest BCUT2D eigenvalue weighted by Crippen LogP contribution is 2.28. The van der Waals surface area contributed by atoms with Crippen molar-refractivity contribution >= 4 is 33.4 Å². The second kappa shape index (κ2) is 6.58. The van der Waals surface area contributed by atoms with E-state index in [2.05, 4.69) is 26.1 Å². The molecule has 0 bridgehead atoms. The van der Waals surface area contributed by atoms with Crippen LogP contribution in [0.25, 0.3) is 0 Å². The Hall–Kier alpha value is -1.79. The highest BCUT2D eigenvalue weighted by Gasteiger charge is 2.05. The van der Waals surface area contributed by atoms with Crippen LogP contribution in [-0.4, -0.2) is 16.0 Å². The first kappa shape index (κ1) is 14.6. The lowest BCUT2D eigenvalue weighted by Gasteiger charge is -2.09. The molecule has 0 atom stereocenters. The van der Waals surface area contributed by atoms with Gasteiger partial charge in [-0.25, -0.2) is 0 Å². The lowest BCUT2D eigenvalue weighted by Crippen LogP contribution is -2.15. The first-order chi connectivity index (χ1) is 9.60. The van der Waals surface area contributed by atoms with Crippen LogP contribution >= 0.6 is 27.5 Å². The number of hydrogen-bond donors (Lipinski definition) is 2. The van der Waals surface area contributed by atoms with Crippen LogP contribution in [0.3, 0.4) is 0 Å². The third kappa shape index (κ3) is 3.61. The number of pyridine rings is 1. The van der Waals surface area contributed by atoms with Gasteiger partial charge in [0, 0.05) is 10.7 Å². The average molecular weight is 357 g/mol. The summed E-state index contributed by atoms with van der Waals surface area (Å²) in [6, 6.07) is 8.83. The van der Waals surface area contributed by atoms with Crippen LogP contribution in [0, 0.1) is 0 Å². The zero-order valence-electron chi connectivity index (χ0n) is 10.3. The highest BCUT2D eigenvalue weighted by molar-refractivity contribution is 9.10. The normalized spacial score (nSPS) is 11.4. The van der Waals surface area contributed by atoms with Gasteiger partial charge in [-0.05, 0) is 35.9 Å². The van der Waals surface area contributed by atoms with Crippen molar-refractivity contribution in [3.8, 4) is 5.75 Å². The summed E-state index contributed by atoms with van der Waals surface area (Å²) in [6.45, 7) is 0.301. The fourth-order valence-electron chi connectivity index (χ4n) is 1.51. The standard InChI is InChI=1S/C13H11BrClN3O2/c14-9-1-2-12(10(15)6-9)20-7-8-3-4-17-11(5-8)13(16)18-19/h1-6,19H,7H2,(H2,16,18). The zero-order valence-corrected chi connectivity index (χ0v) is 12.6. The van der Waals surface area contributed by atoms with Crippen LogP contribution in [0.4, 0.5) is 0 Å². The molecule has 2 rings (SSSR count). The van der Waals surface area contributed by atoms with Gasteiger partial charge >= 0.3 is 0 Å². The maximum atomic E-state index is 8.62. The van der Waals surface area contributed by atoms with Gasteiger partial charge in [0.1, 0.15) is 18.1 Å². The zero-order chi connectivity index (χ0) is 14.5. The monoisotopic (exact) mass is 355 g/mol. The Kier molecular flexibility index (Phi) is 4.81. The maximum absolute atomic E-state index is 8.62. The van der Waals surface area contributed by atoms with Crippen molar-refractivity contribution in [2.24, 2.45) is 10.9 Å². The number of ether oxygens (including phenoxy) is 1. The van der Waals surface area contributed by atoms with Crippen molar-refractivity contribution in [2.75, 3.05) is 0 Å². The number of halogens is 2. The quantitative estimate of drug-likeness (QED) is 0.381. The molecule has 104 valence electrons. The van der Waals surface area contributed by atoms with Gasteiger partial charge in [-0.2, -0.15) is 0 Å². The van der Waals surface area contributed by atoms with Crippen molar-refractivity contribution in [1.82, 2.24) is 4.98 Å². The first-order valence-corrected chi connectivity index (χ1v) is 6.78. The third-order valence-electron chi connectivity index (χ3n) is 2.48. The maximum Gasteiger partial charge on any atom is 0.188 e. The molecule has 20 heavy (non-hydrogen) atoms. The molecule has 1 heterocycles. The van der Waals surface area contributed by atoms with Gasteiger partial charge in [0.25, 0.3) is 0 Å². The van der Waals surface area contributed by atoms with Crippen LogP contribution in [0.15, 0.2) is 46.2 Å². The van der Waals surface area contributed by atoms with E-state index in [4.69, 9.17) is 27.3 Å². The second-order valence-corrected chi connectivity index (χ2v) is 5.22. The molecule has 0 spiro atoms. The van der Waals surface area contributed by atoms with E-state index < -0.39 is 0 Å². The SMILES string of the molecule is NC(=NO)c1cc(COc2ccc(Br)cc2Cl)ccn1. The van der Waals surface area contributed by atoms with E-state index in [1.807, 2.05) is 6.07 Å². The summed E-state index contributed by atoms with van der Waals surface area (Å²) in [5, 5.41) is 12.0. The minimum Gasteiger partial charge on any atom is -0.487 e. The predicted molar refractivity (Wildman–Crippen MR) is 80.2 cm³/mol. The molecule has 5 nitrogen and oxygen atoms in total. The molecule has 0 amide bonds. The summed E-state index contributed by atoms with van der Waals surface area (Å²) in [5.74, 6) is 0.533. The first-order valence-electron chi connectivity index (χ1n) is 5.61. The molecule has 0 aliphatic heterocycles. The molecule has 0 radical (unpaired) electrons. The van der Waals surface area contributed by atoms with E-state index in [0.717, 1.165) is 10.0 Å². The minimum absolute atomic E-state index is 0.0477. The summed E-state index contributed by atoms with van der Waals surface area (Å²) in [6.07, 6.45) is 1.56. The van der Waals surface area contributed by atoms with Crippen molar-refractivity contribution in [1.29, 1.82) is 0 Å². The molecule has 0 aliphatic rings. The van der Waals surface area contributed by atoms with Crippen LogP contribution in [-0.2, 0) is 6.61 Å². The number of amidine groups is 1. The Morgan fingerprint density at radius 1 is 1.40 bits per heavy atom. The number of nitrogens with two attached hydrogens (primary N) is 1. The van der Waals surface area contributed by atoms with E-state index in [9.17, 15) is 0 Å². The largest absolute Gasteiger partial charge is 0.487 e. The van der Waals surface area contributed by atoms with E-state index in [0.29, 0.717) is 23.1 Å². The van der Waals surface area contributed by atoms with Gasteiger partial charge in [0.05, 0.1) is 5.02 Å². The molecular weight excluding hydrogens is 346 g/mol. The number of rotatable bonds is 4. The molecular formula is C13H11BrClN3O2. The van der Waals surface area contributed by atoms with E-state index in [-0.39, 0.29) is 5.84 Å². The van der Waals surface area contributed by atoms with Crippen LogP contribution in [0.1, 0.15) is 11.3 Å². The van der Waals surface area contributed by atoms with E-state index in [1.54, 1.807) is 30.5 Å². The van der Waals surface area contributed by atoms with Crippen molar-refractivity contribution in [2.45, 2.75) is 6.61 Å².